The summed E-state index contributed by atoms with van der Waals surface area (Å²) in [4.78, 5) is 0. The van der Waals surface area contributed by atoms with Crippen LogP contribution in [-0.2, 0) is 6.42 Å². The van der Waals surface area contributed by atoms with Crippen LogP contribution in [0.5, 0.6) is 23.0 Å². The zero-order valence-corrected chi connectivity index (χ0v) is 13.6. The zero-order valence-electron chi connectivity index (χ0n) is 13.6. The Morgan fingerprint density at radius 2 is 2.04 bits per heavy atom. The Balaban J connectivity index is 1.62. The van der Waals surface area contributed by atoms with Crippen molar-refractivity contribution < 1.29 is 18.9 Å². The summed E-state index contributed by atoms with van der Waals surface area (Å²) in [6.45, 7) is 0.914. The van der Waals surface area contributed by atoms with E-state index >= 15 is 0 Å². The van der Waals surface area contributed by atoms with Crippen molar-refractivity contribution in [1.82, 2.24) is 15.0 Å². The van der Waals surface area contributed by atoms with Gasteiger partial charge in [-0.3, -0.25) is 0 Å². The lowest BCUT2D eigenvalue weighted by molar-refractivity contribution is 0.171. The van der Waals surface area contributed by atoms with E-state index in [1.165, 1.54) is 5.56 Å². The second-order valence-corrected chi connectivity index (χ2v) is 5.83. The summed E-state index contributed by atoms with van der Waals surface area (Å²) in [5.74, 6) is 2.77. The summed E-state index contributed by atoms with van der Waals surface area (Å²) in [6.07, 6.45) is 2.68. The molecule has 25 heavy (non-hydrogen) atoms. The van der Waals surface area contributed by atoms with Crippen LogP contribution in [0, 0.1) is 0 Å². The van der Waals surface area contributed by atoms with Crippen molar-refractivity contribution in [2.45, 2.75) is 6.42 Å². The molecule has 0 saturated heterocycles. The van der Waals surface area contributed by atoms with Crippen LogP contribution in [0.25, 0.3) is 16.9 Å². The highest BCUT2D eigenvalue weighted by Crippen LogP contribution is 2.43. The number of fused-ring (bicyclic) bond motifs is 2. The van der Waals surface area contributed by atoms with Gasteiger partial charge in [-0.1, -0.05) is 17.3 Å². The maximum atomic E-state index is 5.67. The van der Waals surface area contributed by atoms with E-state index in [0.717, 1.165) is 35.7 Å². The first-order valence-electron chi connectivity index (χ1n) is 7.98. The lowest BCUT2D eigenvalue weighted by Crippen LogP contribution is -2.00. The van der Waals surface area contributed by atoms with Gasteiger partial charge in [-0.15, -0.1) is 5.10 Å². The molecule has 3 aromatic rings. The first kappa shape index (κ1) is 14.2. The monoisotopic (exact) mass is 337 g/mol. The maximum Gasteiger partial charge on any atom is 0.231 e. The normalized spacial score (nSPS) is 14.3. The quantitative estimate of drug-likeness (QED) is 0.732. The van der Waals surface area contributed by atoms with Crippen LogP contribution in [0.15, 0.2) is 36.5 Å². The van der Waals surface area contributed by atoms with Crippen LogP contribution >= 0.6 is 0 Å². The number of rotatable bonds is 3. The third-order valence-electron chi connectivity index (χ3n) is 4.43. The average Bonchev–Trinajstić information content (AvgIpc) is 3.38. The molecule has 0 aliphatic carbocycles. The minimum Gasteiger partial charge on any atom is -0.493 e. The van der Waals surface area contributed by atoms with Gasteiger partial charge in [-0.2, -0.15) is 0 Å². The van der Waals surface area contributed by atoms with Crippen molar-refractivity contribution in [3.8, 4) is 39.9 Å². The second kappa shape index (κ2) is 5.41. The summed E-state index contributed by atoms with van der Waals surface area (Å²) in [6, 6.07) is 9.91. The highest BCUT2D eigenvalue weighted by molar-refractivity contribution is 5.66. The molecule has 0 N–H and O–H groups in total. The largest absolute Gasteiger partial charge is 0.493 e. The minimum absolute atomic E-state index is 0.182. The minimum atomic E-state index is 0.182. The second-order valence-electron chi connectivity index (χ2n) is 5.83. The standard InChI is InChI=1S/C18H15N3O4/c1-22-16-7-13(8-17-18(16)25-10-24-17)21-14(9-19-20-21)12-3-2-11-4-5-23-15(11)6-12/h2-3,6-9H,4-5,10H2,1H3. The predicted octanol–water partition coefficient (Wildman–Crippen LogP) is 2.61. The Hall–Kier alpha value is -3.22. The molecule has 0 bridgehead atoms. The summed E-state index contributed by atoms with van der Waals surface area (Å²) in [5, 5.41) is 8.31. The van der Waals surface area contributed by atoms with E-state index < -0.39 is 0 Å². The Labute approximate surface area is 143 Å². The zero-order chi connectivity index (χ0) is 16.8. The van der Waals surface area contributed by atoms with Crippen LogP contribution < -0.4 is 18.9 Å². The highest BCUT2D eigenvalue weighted by atomic mass is 16.7. The molecule has 0 radical (unpaired) electrons. The summed E-state index contributed by atoms with van der Waals surface area (Å²) in [7, 11) is 1.60. The van der Waals surface area contributed by atoms with E-state index in [0.29, 0.717) is 17.2 Å². The van der Waals surface area contributed by atoms with Gasteiger partial charge in [0.15, 0.2) is 11.5 Å². The average molecular weight is 337 g/mol. The molecular weight excluding hydrogens is 322 g/mol. The first-order valence-corrected chi connectivity index (χ1v) is 7.98. The van der Waals surface area contributed by atoms with Crippen molar-refractivity contribution in [2.75, 3.05) is 20.5 Å². The molecule has 7 nitrogen and oxygen atoms in total. The Bertz CT molecular complexity index is 967. The number of aromatic nitrogens is 3. The van der Waals surface area contributed by atoms with Crippen molar-refractivity contribution in [2.24, 2.45) is 0 Å². The van der Waals surface area contributed by atoms with Crippen LogP contribution in [-0.4, -0.2) is 35.5 Å². The molecule has 7 heteroatoms. The number of hydrogen-bond donors (Lipinski definition) is 0. The molecule has 3 heterocycles. The Morgan fingerprint density at radius 3 is 2.96 bits per heavy atom. The molecule has 5 rings (SSSR count). The van der Waals surface area contributed by atoms with Crippen molar-refractivity contribution in [3.63, 3.8) is 0 Å². The SMILES string of the molecule is COc1cc(-n2nncc2-c2ccc3c(c2)OCC3)cc2c1OCO2. The van der Waals surface area contributed by atoms with Crippen molar-refractivity contribution >= 4 is 0 Å². The number of ether oxygens (including phenoxy) is 4. The molecule has 2 aliphatic rings. The van der Waals surface area contributed by atoms with Gasteiger partial charge in [-0.05, 0) is 11.6 Å². The van der Waals surface area contributed by atoms with E-state index in [9.17, 15) is 0 Å². The van der Waals surface area contributed by atoms with E-state index in [1.54, 1.807) is 18.0 Å². The molecular formula is C18H15N3O4. The molecule has 0 spiro atoms. The van der Waals surface area contributed by atoms with Gasteiger partial charge in [-0.25, -0.2) is 4.68 Å². The maximum absolute atomic E-state index is 5.67. The van der Waals surface area contributed by atoms with Gasteiger partial charge in [0.1, 0.15) is 5.75 Å². The first-order chi connectivity index (χ1) is 12.3. The van der Waals surface area contributed by atoms with Gasteiger partial charge in [0.25, 0.3) is 0 Å². The number of hydrogen-bond acceptors (Lipinski definition) is 6. The van der Waals surface area contributed by atoms with Crippen molar-refractivity contribution in [1.29, 1.82) is 0 Å². The molecule has 2 aliphatic heterocycles. The van der Waals surface area contributed by atoms with E-state index in [4.69, 9.17) is 18.9 Å². The fraction of sp³-hybridized carbons (Fsp3) is 0.222. The molecule has 126 valence electrons. The third kappa shape index (κ3) is 2.20. The van der Waals surface area contributed by atoms with Gasteiger partial charge in [0, 0.05) is 24.1 Å². The lowest BCUT2D eigenvalue weighted by atomic mass is 10.1. The van der Waals surface area contributed by atoms with Gasteiger partial charge < -0.3 is 18.9 Å². The Morgan fingerprint density at radius 1 is 1.08 bits per heavy atom. The van der Waals surface area contributed by atoms with E-state index in [-0.39, 0.29) is 6.79 Å². The van der Waals surface area contributed by atoms with Crippen LogP contribution in [0.3, 0.4) is 0 Å². The lowest BCUT2D eigenvalue weighted by Gasteiger charge is -2.11. The molecule has 2 aromatic carbocycles. The number of nitrogens with zero attached hydrogens (tertiary/aromatic N) is 3. The molecule has 0 fully saturated rings. The van der Waals surface area contributed by atoms with E-state index in [2.05, 4.69) is 22.4 Å². The van der Waals surface area contributed by atoms with Gasteiger partial charge in [0.2, 0.25) is 12.5 Å². The number of benzene rings is 2. The number of methoxy groups -OCH3 is 1. The Kier molecular flexibility index (Phi) is 3.06. The molecule has 0 amide bonds. The smallest absolute Gasteiger partial charge is 0.231 e. The van der Waals surface area contributed by atoms with Crippen LogP contribution in [0.2, 0.25) is 0 Å². The predicted molar refractivity (Wildman–Crippen MR) is 88.7 cm³/mol. The van der Waals surface area contributed by atoms with Crippen LogP contribution in [0.4, 0.5) is 0 Å². The summed E-state index contributed by atoms with van der Waals surface area (Å²) >= 11 is 0. The fourth-order valence-corrected chi connectivity index (χ4v) is 3.19. The third-order valence-corrected chi connectivity index (χ3v) is 4.43. The fourth-order valence-electron chi connectivity index (χ4n) is 3.19. The van der Waals surface area contributed by atoms with Crippen LogP contribution in [0.1, 0.15) is 5.56 Å². The molecule has 0 saturated carbocycles. The summed E-state index contributed by atoms with van der Waals surface area (Å²) < 4.78 is 23.8. The topological polar surface area (TPSA) is 67.6 Å². The van der Waals surface area contributed by atoms with Gasteiger partial charge >= 0.3 is 0 Å². The highest BCUT2D eigenvalue weighted by Gasteiger charge is 2.22. The summed E-state index contributed by atoms with van der Waals surface area (Å²) in [5.41, 5.74) is 3.86. The van der Waals surface area contributed by atoms with Gasteiger partial charge in [0.05, 0.1) is 31.3 Å². The molecule has 0 unspecified atom stereocenters. The van der Waals surface area contributed by atoms with E-state index in [1.807, 2.05) is 18.2 Å². The molecule has 0 atom stereocenters. The molecule has 1 aromatic heterocycles. The van der Waals surface area contributed by atoms with Crippen molar-refractivity contribution in [3.05, 3.63) is 42.1 Å².